The first-order chi connectivity index (χ1) is 13.2. The van der Waals surface area contributed by atoms with Crippen LogP contribution in [0.1, 0.15) is 96.3 Å². The number of ketones is 1. The summed E-state index contributed by atoms with van der Waals surface area (Å²) in [5, 5.41) is 8.91. The van der Waals surface area contributed by atoms with Gasteiger partial charge in [0, 0.05) is 31.3 Å². The molecule has 2 saturated carbocycles. The van der Waals surface area contributed by atoms with Gasteiger partial charge in [0.05, 0.1) is 13.2 Å². The number of ether oxygens (including phenoxy) is 2. The minimum Gasteiger partial charge on any atom is -0.396 e. The molecule has 4 nitrogen and oxygen atoms in total. The van der Waals surface area contributed by atoms with Gasteiger partial charge < -0.3 is 14.6 Å². The molecule has 1 N–H and O–H groups in total. The smallest absolute Gasteiger partial charge is 0.171 e. The van der Waals surface area contributed by atoms with Gasteiger partial charge in [0.15, 0.2) is 5.79 Å². The molecule has 1 saturated heterocycles. The van der Waals surface area contributed by atoms with Crippen molar-refractivity contribution in [2.24, 2.45) is 17.8 Å². The van der Waals surface area contributed by atoms with Gasteiger partial charge in [0.25, 0.3) is 0 Å². The summed E-state index contributed by atoms with van der Waals surface area (Å²) in [4.78, 5) is 12.7. The zero-order valence-corrected chi connectivity index (χ0v) is 17.1. The minimum absolute atomic E-state index is 0.310. The SMILES string of the molecule is O=C(CCC1CCC2(OCCO2)C1CCCCCCCO)C1CCCCC1. The van der Waals surface area contributed by atoms with Crippen molar-refractivity contribution in [3.05, 3.63) is 0 Å². The van der Waals surface area contributed by atoms with Gasteiger partial charge in [-0.2, -0.15) is 0 Å². The lowest BCUT2D eigenvalue weighted by molar-refractivity contribution is -0.188. The number of carbonyl (C=O) groups excluding carboxylic acids is 1. The molecule has 1 aliphatic heterocycles. The van der Waals surface area contributed by atoms with Crippen LogP contribution in [0, 0.1) is 17.8 Å². The Labute approximate surface area is 165 Å². The average molecular weight is 381 g/mol. The molecule has 1 spiro atoms. The predicted molar refractivity (Wildman–Crippen MR) is 106 cm³/mol. The largest absolute Gasteiger partial charge is 0.396 e. The van der Waals surface area contributed by atoms with Crippen molar-refractivity contribution in [2.45, 2.75) is 102 Å². The summed E-state index contributed by atoms with van der Waals surface area (Å²) < 4.78 is 12.2. The van der Waals surface area contributed by atoms with Crippen molar-refractivity contribution in [2.75, 3.05) is 19.8 Å². The Kier molecular flexibility index (Phi) is 8.60. The van der Waals surface area contributed by atoms with Crippen molar-refractivity contribution in [3.8, 4) is 0 Å². The van der Waals surface area contributed by atoms with Crippen LogP contribution in [-0.2, 0) is 14.3 Å². The molecular formula is C23H40O4. The number of rotatable bonds is 11. The van der Waals surface area contributed by atoms with E-state index in [1.807, 2.05) is 0 Å². The quantitative estimate of drug-likeness (QED) is 0.511. The predicted octanol–water partition coefficient (Wildman–Crippen LogP) is 5.02. The molecule has 0 aromatic heterocycles. The Balaban J connectivity index is 1.47. The highest BCUT2D eigenvalue weighted by Gasteiger charge is 2.51. The number of carbonyl (C=O) groups is 1. The van der Waals surface area contributed by atoms with E-state index in [0.717, 1.165) is 71.0 Å². The third-order valence-corrected chi connectivity index (χ3v) is 7.27. The maximum Gasteiger partial charge on any atom is 0.171 e. The summed E-state index contributed by atoms with van der Waals surface area (Å²) in [6.07, 6.45) is 16.8. The maximum absolute atomic E-state index is 12.7. The van der Waals surface area contributed by atoms with Gasteiger partial charge in [-0.15, -0.1) is 0 Å². The highest BCUT2D eigenvalue weighted by Crippen LogP contribution is 2.50. The Hall–Kier alpha value is -0.450. The van der Waals surface area contributed by atoms with Crippen LogP contribution in [0.5, 0.6) is 0 Å². The van der Waals surface area contributed by atoms with E-state index >= 15 is 0 Å². The highest BCUT2D eigenvalue weighted by atomic mass is 16.7. The van der Waals surface area contributed by atoms with Crippen molar-refractivity contribution in [1.29, 1.82) is 0 Å². The zero-order chi connectivity index (χ0) is 19.0. The Bertz CT molecular complexity index is 438. The second-order valence-electron chi connectivity index (χ2n) is 9.03. The molecule has 3 rings (SSSR count). The minimum atomic E-state index is -0.344. The molecule has 2 unspecified atom stereocenters. The molecular weight excluding hydrogens is 340 g/mol. The van der Waals surface area contributed by atoms with Crippen molar-refractivity contribution in [1.82, 2.24) is 0 Å². The van der Waals surface area contributed by atoms with Crippen LogP contribution in [0.4, 0.5) is 0 Å². The highest BCUT2D eigenvalue weighted by molar-refractivity contribution is 5.81. The topological polar surface area (TPSA) is 55.8 Å². The number of Topliss-reactive ketones (excluding diaryl/α,β-unsaturated/α-hetero) is 1. The molecule has 0 aromatic rings. The molecule has 1 heterocycles. The van der Waals surface area contributed by atoms with E-state index in [1.165, 1.54) is 38.5 Å². The maximum atomic E-state index is 12.7. The van der Waals surface area contributed by atoms with E-state index in [2.05, 4.69) is 0 Å². The number of hydrogen-bond donors (Lipinski definition) is 1. The second kappa shape index (κ2) is 10.9. The number of aliphatic hydroxyl groups is 1. The van der Waals surface area contributed by atoms with Gasteiger partial charge in [-0.25, -0.2) is 0 Å². The summed E-state index contributed by atoms with van der Waals surface area (Å²) >= 11 is 0. The van der Waals surface area contributed by atoms with Gasteiger partial charge in [-0.05, 0) is 44.4 Å². The zero-order valence-electron chi connectivity index (χ0n) is 17.1. The first-order valence-corrected chi connectivity index (χ1v) is 11.7. The molecule has 2 aliphatic carbocycles. The van der Waals surface area contributed by atoms with Crippen LogP contribution in [-0.4, -0.2) is 36.5 Å². The Morgan fingerprint density at radius 3 is 2.33 bits per heavy atom. The van der Waals surface area contributed by atoms with E-state index in [9.17, 15) is 4.79 Å². The summed E-state index contributed by atoms with van der Waals surface area (Å²) in [7, 11) is 0. The van der Waals surface area contributed by atoms with Crippen LogP contribution >= 0.6 is 0 Å². The summed E-state index contributed by atoms with van der Waals surface area (Å²) in [5.41, 5.74) is 0. The van der Waals surface area contributed by atoms with Gasteiger partial charge in [-0.1, -0.05) is 44.9 Å². The van der Waals surface area contributed by atoms with Crippen molar-refractivity contribution in [3.63, 3.8) is 0 Å². The van der Waals surface area contributed by atoms with Crippen molar-refractivity contribution >= 4 is 5.78 Å². The third-order valence-electron chi connectivity index (χ3n) is 7.27. The van der Waals surface area contributed by atoms with Crippen LogP contribution in [0.15, 0.2) is 0 Å². The van der Waals surface area contributed by atoms with Gasteiger partial charge in [0.1, 0.15) is 5.78 Å². The van der Waals surface area contributed by atoms with Crippen LogP contribution in [0.3, 0.4) is 0 Å². The molecule has 3 fully saturated rings. The van der Waals surface area contributed by atoms with E-state index in [0.29, 0.717) is 30.1 Å². The standard InChI is InChI=1S/C23H40O4/c24-16-8-3-1-2-7-11-21-19(14-15-23(21)26-17-18-27-23)12-13-22(25)20-9-5-4-6-10-20/h19-21,24H,1-18H2. The average Bonchev–Trinajstić information content (AvgIpc) is 3.31. The Morgan fingerprint density at radius 2 is 1.59 bits per heavy atom. The lowest BCUT2D eigenvalue weighted by Gasteiger charge is -2.32. The van der Waals surface area contributed by atoms with Crippen molar-refractivity contribution < 1.29 is 19.4 Å². The Morgan fingerprint density at radius 1 is 0.889 bits per heavy atom. The van der Waals surface area contributed by atoms with Gasteiger partial charge >= 0.3 is 0 Å². The lowest BCUT2D eigenvalue weighted by atomic mass is 9.81. The number of hydrogen-bond acceptors (Lipinski definition) is 4. The first-order valence-electron chi connectivity index (χ1n) is 11.7. The van der Waals surface area contributed by atoms with Crippen LogP contribution < -0.4 is 0 Å². The fraction of sp³-hybridized carbons (Fsp3) is 0.957. The van der Waals surface area contributed by atoms with E-state index in [4.69, 9.17) is 14.6 Å². The summed E-state index contributed by atoms with van der Waals surface area (Å²) in [6.45, 7) is 1.76. The normalized spacial score (nSPS) is 28.2. The first kappa shape index (κ1) is 21.3. The molecule has 0 aromatic carbocycles. The fourth-order valence-electron chi connectivity index (χ4n) is 5.73. The molecule has 0 radical (unpaired) electrons. The molecule has 0 amide bonds. The number of aliphatic hydroxyl groups excluding tert-OH is 1. The fourth-order valence-corrected chi connectivity index (χ4v) is 5.73. The molecule has 3 aliphatic rings. The summed E-state index contributed by atoms with van der Waals surface area (Å²) in [6, 6.07) is 0. The molecule has 156 valence electrons. The molecule has 27 heavy (non-hydrogen) atoms. The van der Waals surface area contributed by atoms with Gasteiger partial charge in [0.2, 0.25) is 0 Å². The van der Waals surface area contributed by atoms with E-state index in [-0.39, 0.29) is 5.79 Å². The van der Waals surface area contributed by atoms with E-state index in [1.54, 1.807) is 0 Å². The number of unbranched alkanes of at least 4 members (excludes halogenated alkanes) is 4. The molecule has 0 bridgehead atoms. The van der Waals surface area contributed by atoms with Gasteiger partial charge in [-0.3, -0.25) is 4.79 Å². The second-order valence-corrected chi connectivity index (χ2v) is 9.03. The van der Waals surface area contributed by atoms with Crippen LogP contribution in [0.25, 0.3) is 0 Å². The summed E-state index contributed by atoms with van der Waals surface area (Å²) in [5.74, 6) is 1.55. The molecule has 2 atom stereocenters. The van der Waals surface area contributed by atoms with Crippen LogP contribution in [0.2, 0.25) is 0 Å². The van der Waals surface area contributed by atoms with E-state index < -0.39 is 0 Å². The monoisotopic (exact) mass is 380 g/mol. The third kappa shape index (κ3) is 5.77. The molecule has 4 heteroatoms. The lowest BCUT2D eigenvalue weighted by Crippen LogP contribution is -2.37.